The van der Waals surface area contributed by atoms with E-state index in [9.17, 15) is 0 Å². The van der Waals surface area contributed by atoms with Gasteiger partial charge in [0.2, 0.25) is 0 Å². The topological polar surface area (TPSA) is 51.6 Å². The Morgan fingerprint density at radius 2 is 1.00 bits per heavy atom. The fourth-order valence-electron chi connectivity index (χ4n) is 1.54. The molecule has 0 amide bonds. The van der Waals surface area contributed by atoms with Crippen LogP contribution >= 0.6 is 0 Å². The fraction of sp³-hybridized carbons (Fsp3) is 0.333. The van der Waals surface area contributed by atoms with Gasteiger partial charge in [0.1, 0.15) is 11.6 Å². The highest BCUT2D eigenvalue weighted by Crippen LogP contribution is 2.27. The summed E-state index contributed by atoms with van der Waals surface area (Å²) in [6.07, 6.45) is 7.05. The second-order valence-electron chi connectivity index (χ2n) is 3.79. The number of nitrogens with zero attached hydrogens (tertiary/aromatic N) is 4. The molecule has 0 N–H and O–H groups in total. The Kier molecular flexibility index (Phi) is 3.19. The predicted octanol–water partition coefficient (Wildman–Crippen LogP) is 2.17. The molecule has 4 nitrogen and oxygen atoms in total. The van der Waals surface area contributed by atoms with Crippen LogP contribution in [0.25, 0.3) is 0 Å². The van der Waals surface area contributed by atoms with E-state index in [-0.39, 0.29) is 11.8 Å². The van der Waals surface area contributed by atoms with Crippen molar-refractivity contribution in [3.8, 4) is 0 Å². The lowest BCUT2D eigenvalue weighted by molar-refractivity contribution is 0.560. The molecule has 82 valence electrons. The molecule has 0 saturated heterocycles. The van der Waals surface area contributed by atoms with Crippen LogP contribution < -0.4 is 0 Å². The molecule has 2 heterocycles. The zero-order valence-electron chi connectivity index (χ0n) is 9.41. The van der Waals surface area contributed by atoms with Gasteiger partial charge in [-0.1, -0.05) is 13.8 Å². The number of rotatable bonds is 3. The Morgan fingerprint density at radius 3 is 1.31 bits per heavy atom. The molecule has 0 spiro atoms. The van der Waals surface area contributed by atoms with Crippen LogP contribution in [0.1, 0.15) is 37.3 Å². The molecule has 0 aromatic carbocycles. The summed E-state index contributed by atoms with van der Waals surface area (Å²) < 4.78 is 0. The summed E-state index contributed by atoms with van der Waals surface area (Å²) in [4.78, 5) is 17.0. The molecule has 0 bridgehead atoms. The smallest absolute Gasteiger partial charge is 0.131 e. The van der Waals surface area contributed by atoms with Crippen LogP contribution in [0.5, 0.6) is 0 Å². The molecule has 0 fully saturated rings. The van der Waals surface area contributed by atoms with Crippen molar-refractivity contribution >= 4 is 0 Å². The first-order chi connectivity index (χ1) is 7.79. The molecular formula is C12H14N4. The first-order valence-corrected chi connectivity index (χ1v) is 5.33. The van der Waals surface area contributed by atoms with Gasteiger partial charge < -0.3 is 0 Å². The van der Waals surface area contributed by atoms with Crippen LogP contribution in [0, 0.1) is 0 Å². The number of hydrogen-bond donors (Lipinski definition) is 0. The summed E-state index contributed by atoms with van der Waals surface area (Å²) in [5.41, 5.74) is 0. The van der Waals surface area contributed by atoms with Crippen molar-refractivity contribution in [3.05, 3.63) is 48.6 Å². The zero-order valence-corrected chi connectivity index (χ0v) is 9.41. The summed E-state index contributed by atoms with van der Waals surface area (Å²) >= 11 is 0. The number of aromatic nitrogens is 4. The summed E-state index contributed by atoms with van der Waals surface area (Å²) in [5.74, 6) is 2.09. The van der Waals surface area contributed by atoms with Gasteiger partial charge in [-0.05, 0) is 12.1 Å². The average molecular weight is 214 g/mol. The van der Waals surface area contributed by atoms with E-state index in [1.165, 1.54) is 0 Å². The largest absolute Gasteiger partial charge is 0.241 e. The van der Waals surface area contributed by atoms with Crippen molar-refractivity contribution in [2.75, 3.05) is 0 Å². The molecule has 0 aliphatic rings. The maximum absolute atomic E-state index is 4.26. The lowest BCUT2D eigenvalue weighted by Gasteiger charge is -2.16. The Bertz CT molecular complexity index is 386. The maximum atomic E-state index is 4.26. The van der Waals surface area contributed by atoms with Gasteiger partial charge in [0.05, 0.1) is 0 Å². The third-order valence-electron chi connectivity index (χ3n) is 2.74. The molecule has 2 atom stereocenters. The van der Waals surface area contributed by atoms with Crippen molar-refractivity contribution in [2.24, 2.45) is 0 Å². The molecule has 0 aliphatic heterocycles. The molecule has 2 rings (SSSR count). The standard InChI is InChI=1S/C12H14N4/c1-9(11-13-5-3-6-14-11)10(2)12-15-7-4-8-16-12/h3-10H,1-2H3. The second kappa shape index (κ2) is 4.79. The fourth-order valence-corrected chi connectivity index (χ4v) is 1.54. The van der Waals surface area contributed by atoms with E-state index in [1.807, 2.05) is 12.1 Å². The monoisotopic (exact) mass is 214 g/mol. The van der Waals surface area contributed by atoms with Gasteiger partial charge in [-0.15, -0.1) is 0 Å². The predicted molar refractivity (Wildman–Crippen MR) is 60.9 cm³/mol. The Hall–Kier alpha value is -1.84. The third kappa shape index (κ3) is 2.21. The molecular weight excluding hydrogens is 200 g/mol. The maximum Gasteiger partial charge on any atom is 0.131 e. The molecule has 0 saturated carbocycles. The van der Waals surface area contributed by atoms with Gasteiger partial charge in [0.25, 0.3) is 0 Å². The van der Waals surface area contributed by atoms with Gasteiger partial charge in [0, 0.05) is 36.6 Å². The minimum absolute atomic E-state index is 0.212. The lowest BCUT2D eigenvalue weighted by Crippen LogP contribution is -2.11. The molecule has 2 aromatic heterocycles. The van der Waals surface area contributed by atoms with E-state index in [0.29, 0.717) is 0 Å². The van der Waals surface area contributed by atoms with Crippen LogP contribution in [0.2, 0.25) is 0 Å². The van der Waals surface area contributed by atoms with Gasteiger partial charge in [-0.25, -0.2) is 19.9 Å². The Labute approximate surface area is 94.8 Å². The quantitative estimate of drug-likeness (QED) is 0.785. The lowest BCUT2D eigenvalue weighted by atomic mass is 9.94. The van der Waals surface area contributed by atoms with Gasteiger partial charge in [0.15, 0.2) is 0 Å². The van der Waals surface area contributed by atoms with Crippen molar-refractivity contribution in [1.29, 1.82) is 0 Å². The zero-order chi connectivity index (χ0) is 11.4. The van der Waals surface area contributed by atoms with Crippen LogP contribution in [0.4, 0.5) is 0 Å². The van der Waals surface area contributed by atoms with E-state index in [2.05, 4.69) is 33.8 Å². The Balaban J connectivity index is 2.20. The summed E-state index contributed by atoms with van der Waals surface area (Å²) in [6, 6.07) is 3.64. The highest BCUT2D eigenvalue weighted by Gasteiger charge is 2.20. The summed E-state index contributed by atoms with van der Waals surface area (Å²) in [5, 5.41) is 0. The summed E-state index contributed by atoms with van der Waals surface area (Å²) in [7, 11) is 0. The van der Waals surface area contributed by atoms with Crippen molar-refractivity contribution in [2.45, 2.75) is 25.7 Å². The molecule has 16 heavy (non-hydrogen) atoms. The van der Waals surface area contributed by atoms with E-state index >= 15 is 0 Å². The molecule has 2 aromatic rings. The number of hydrogen-bond acceptors (Lipinski definition) is 4. The third-order valence-corrected chi connectivity index (χ3v) is 2.74. The Morgan fingerprint density at radius 1 is 0.688 bits per heavy atom. The van der Waals surface area contributed by atoms with Crippen molar-refractivity contribution in [3.63, 3.8) is 0 Å². The minimum atomic E-state index is 0.212. The van der Waals surface area contributed by atoms with Gasteiger partial charge in [-0.2, -0.15) is 0 Å². The highest BCUT2D eigenvalue weighted by atomic mass is 14.9. The van der Waals surface area contributed by atoms with Crippen LogP contribution in [-0.4, -0.2) is 19.9 Å². The molecule has 0 aliphatic carbocycles. The van der Waals surface area contributed by atoms with Gasteiger partial charge >= 0.3 is 0 Å². The second-order valence-corrected chi connectivity index (χ2v) is 3.79. The normalized spacial score (nSPS) is 14.4. The highest BCUT2D eigenvalue weighted by molar-refractivity contribution is 5.07. The SMILES string of the molecule is CC(c1ncccn1)C(C)c1ncccn1. The minimum Gasteiger partial charge on any atom is -0.241 e. The first kappa shape index (κ1) is 10.7. The molecule has 2 unspecified atom stereocenters. The summed E-state index contributed by atoms with van der Waals surface area (Å²) in [6.45, 7) is 4.19. The van der Waals surface area contributed by atoms with Crippen LogP contribution in [-0.2, 0) is 0 Å². The van der Waals surface area contributed by atoms with Crippen LogP contribution in [0.15, 0.2) is 36.9 Å². The van der Waals surface area contributed by atoms with E-state index < -0.39 is 0 Å². The van der Waals surface area contributed by atoms with E-state index in [4.69, 9.17) is 0 Å². The van der Waals surface area contributed by atoms with E-state index in [1.54, 1.807) is 24.8 Å². The van der Waals surface area contributed by atoms with Crippen molar-refractivity contribution < 1.29 is 0 Å². The van der Waals surface area contributed by atoms with E-state index in [0.717, 1.165) is 11.6 Å². The van der Waals surface area contributed by atoms with Crippen LogP contribution in [0.3, 0.4) is 0 Å². The van der Waals surface area contributed by atoms with Crippen molar-refractivity contribution in [1.82, 2.24) is 19.9 Å². The average Bonchev–Trinajstić information content (AvgIpc) is 2.39. The molecule has 4 heteroatoms. The first-order valence-electron chi connectivity index (χ1n) is 5.33. The van der Waals surface area contributed by atoms with Gasteiger partial charge in [-0.3, -0.25) is 0 Å². The molecule has 0 radical (unpaired) electrons.